The van der Waals surface area contributed by atoms with Gasteiger partial charge < -0.3 is 9.63 Å². The smallest absolute Gasteiger partial charge is 0.168 e. The van der Waals surface area contributed by atoms with Crippen LogP contribution in [0.3, 0.4) is 0 Å². The van der Waals surface area contributed by atoms with Gasteiger partial charge in [0.1, 0.15) is 11.5 Å². The molecule has 0 fully saturated rings. The molecule has 6 nitrogen and oxygen atoms in total. The lowest BCUT2D eigenvalue weighted by atomic mass is 9.75. The first-order valence-corrected chi connectivity index (χ1v) is 11.4. The molecule has 6 heteroatoms. The second-order valence-corrected chi connectivity index (χ2v) is 9.53. The number of aromatic nitrogens is 1. The van der Waals surface area contributed by atoms with Crippen molar-refractivity contribution in [3.05, 3.63) is 64.2 Å². The van der Waals surface area contributed by atoms with Crippen LogP contribution in [-0.2, 0) is 24.1 Å². The molecule has 0 atom stereocenters. The van der Waals surface area contributed by atoms with E-state index < -0.39 is 0 Å². The van der Waals surface area contributed by atoms with Crippen LogP contribution in [0.4, 0.5) is 0 Å². The highest BCUT2D eigenvalue weighted by Gasteiger charge is 2.35. The number of rotatable bonds is 7. The number of ketones is 2. The van der Waals surface area contributed by atoms with Gasteiger partial charge >= 0.3 is 0 Å². The van der Waals surface area contributed by atoms with Crippen LogP contribution in [0, 0.1) is 5.41 Å². The van der Waals surface area contributed by atoms with Crippen LogP contribution in [0.2, 0.25) is 0 Å². The van der Waals surface area contributed by atoms with Crippen molar-refractivity contribution in [3.8, 4) is 0 Å². The summed E-state index contributed by atoms with van der Waals surface area (Å²) in [5.41, 5.74) is 3.08. The zero-order valence-electron chi connectivity index (χ0n) is 18.8. The number of aryl methyl sites for hydroxylation is 2. The number of hydrogen-bond donors (Lipinski definition) is 1. The van der Waals surface area contributed by atoms with Gasteiger partial charge in [-0.05, 0) is 36.7 Å². The molecule has 0 saturated heterocycles. The van der Waals surface area contributed by atoms with E-state index in [-0.39, 0.29) is 22.7 Å². The van der Waals surface area contributed by atoms with E-state index in [4.69, 9.17) is 9.52 Å². The Morgan fingerprint density at radius 2 is 1.88 bits per heavy atom. The molecule has 4 rings (SSSR count). The van der Waals surface area contributed by atoms with Gasteiger partial charge in [-0.1, -0.05) is 49.3 Å². The summed E-state index contributed by atoms with van der Waals surface area (Å²) in [4.78, 5) is 30.1. The van der Waals surface area contributed by atoms with E-state index in [9.17, 15) is 14.7 Å². The minimum absolute atomic E-state index is 0.0719. The Bertz CT molecular complexity index is 1080. The largest absolute Gasteiger partial charge is 0.511 e. The Hall–Kier alpha value is -3.02. The molecule has 0 spiro atoms. The van der Waals surface area contributed by atoms with Crippen LogP contribution in [0.25, 0.3) is 0 Å². The fourth-order valence-electron chi connectivity index (χ4n) is 4.65. The third kappa shape index (κ3) is 4.90. The predicted octanol–water partition coefficient (Wildman–Crippen LogP) is 5.01. The topological polar surface area (TPSA) is 92.8 Å². The van der Waals surface area contributed by atoms with Crippen LogP contribution >= 0.6 is 0 Å². The lowest BCUT2D eigenvalue weighted by molar-refractivity contribution is -0.118. The molecule has 168 valence electrons. The number of aliphatic hydroxyl groups excluding tert-OH is 1. The maximum Gasteiger partial charge on any atom is 0.168 e. The van der Waals surface area contributed by atoms with Gasteiger partial charge in [0, 0.05) is 37.9 Å². The lowest BCUT2D eigenvalue weighted by Crippen LogP contribution is -2.29. The number of allylic oxidation sites excluding steroid dienone is 2. The fourth-order valence-corrected chi connectivity index (χ4v) is 4.65. The van der Waals surface area contributed by atoms with E-state index in [1.807, 2.05) is 44.2 Å². The first-order chi connectivity index (χ1) is 15.3. The van der Waals surface area contributed by atoms with Crippen LogP contribution in [0.1, 0.15) is 73.3 Å². The second-order valence-electron chi connectivity index (χ2n) is 9.53. The van der Waals surface area contributed by atoms with Gasteiger partial charge in [0.05, 0.1) is 16.8 Å². The van der Waals surface area contributed by atoms with E-state index in [0.717, 1.165) is 19.3 Å². The van der Waals surface area contributed by atoms with Gasteiger partial charge in [0.15, 0.2) is 11.6 Å². The average molecular weight is 435 g/mol. The number of Topliss-reactive ketones (excluding diaryl/α,β-unsaturated/α-hetero) is 2. The number of benzene rings is 1. The summed E-state index contributed by atoms with van der Waals surface area (Å²) in [7, 11) is 0. The zero-order valence-corrected chi connectivity index (χ0v) is 18.8. The third-order valence-corrected chi connectivity index (χ3v) is 6.21. The molecule has 2 aromatic rings. The number of nitrogens with zero attached hydrogens (tertiary/aromatic N) is 2. The first-order valence-electron chi connectivity index (χ1n) is 11.4. The van der Waals surface area contributed by atoms with Gasteiger partial charge in [-0.25, -0.2) is 0 Å². The molecule has 1 aromatic carbocycles. The second kappa shape index (κ2) is 9.23. The Labute approximate surface area is 188 Å². The number of fused-ring (bicyclic) bond motifs is 1. The van der Waals surface area contributed by atoms with Gasteiger partial charge in [-0.2, -0.15) is 0 Å². The number of hydrogen-bond acceptors (Lipinski definition) is 6. The standard InChI is InChI=1S/C26H30N2O4/c1-26(2)15-21(30)24(22(31)16-26)18(27-14-13-17-7-4-3-5-8-17)11-12-19-25-20(29)9-6-10-23(25)32-28-19/h3-5,7-8,30H,6,9-16H2,1-2H3. The molecular weight excluding hydrogens is 404 g/mol. The molecule has 1 aromatic heterocycles. The summed E-state index contributed by atoms with van der Waals surface area (Å²) in [6.07, 6.45) is 4.47. The van der Waals surface area contributed by atoms with Crippen molar-refractivity contribution in [2.45, 2.75) is 65.2 Å². The average Bonchev–Trinajstić information content (AvgIpc) is 3.15. The molecular formula is C26H30N2O4. The summed E-state index contributed by atoms with van der Waals surface area (Å²) < 4.78 is 5.40. The van der Waals surface area contributed by atoms with Gasteiger partial charge in [-0.3, -0.25) is 14.6 Å². The quantitative estimate of drug-likeness (QED) is 0.618. The number of aliphatic imine (C=N–C) groups is 1. The number of aliphatic hydroxyl groups is 1. The van der Waals surface area contributed by atoms with Crippen molar-refractivity contribution < 1.29 is 19.2 Å². The Balaban J connectivity index is 1.58. The van der Waals surface area contributed by atoms with E-state index in [1.165, 1.54) is 5.56 Å². The highest BCUT2D eigenvalue weighted by atomic mass is 16.5. The van der Waals surface area contributed by atoms with Crippen molar-refractivity contribution in [1.29, 1.82) is 0 Å². The highest BCUT2D eigenvalue weighted by molar-refractivity contribution is 6.23. The molecule has 0 saturated carbocycles. The van der Waals surface area contributed by atoms with Crippen molar-refractivity contribution in [1.82, 2.24) is 5.16 Å². The Kier molecular flexibility index (Phi) is 6.40. The normalized spacial score (nSPS) is 18.8. The molecule has 0 aliphatic heterocycles. The minimum atomic E-state index is -0.266. The van der Waals surface area contributed by atoms with Crippen molar-refractivity contribution in [2.24, 2.45) is 10.4 Å². The van der Waals surface area contributed by atoms with E-state index in [0.29, 0.717) is 67.0 Å². The van der Waals surface area contributed by atoms with E-state index in [1.54, 1.807) is 0 Å². The van der Waals surface area contributed by atoms with Crippen molar-refractivity contribution in [3.63, 3.8) is 0 Å². The molecule has 2 aliphatic carbocycles. The van der Waals surface area contributed by atoms with Gasteiger partial charge in [-0.15, -0.1) is 0 Å². The molecule has 0 radical (unpaired) electrons. The molecule has 0 unspecified atom stereocenters. The highest BCUT2D eigenvalue weighted by Crippen LogP contribution is 2.37. The molecule has 32 heavy (non-hydrogen) atoms. The fraction of sp³-hybridized carbons (Fsp3) is 0.462. The van der Waals surface area contributed by atoms with Crippen molar-refractivity contribution in [2.75, 3.05) is 6.54 Å². The molecule has 0 bridgehead atoms. The summed E-state index contributed by atoms with van der Waals surface area (Å²) >= 11 is 0. The monoisotopic (exact) mass is 434 g/mol. The molecule has 1 heterocycles. The predicted molar refractivity (Wildman–Crippen MR) is 122 cm³/mol. The SMILES string of the molecule is CC1(C)CC(=O)C(C(CCc2noc3c2C(=O)CCC3)=NCCc2ccccc2)=C(O)C1. The minimum Gasteiger partial charge on any atom is -0.511 e. The maximum absolute atomic E-state index is 13.0. The Morgan fingerprint density at radius 3 is 2.62 bits per heavy atom. The lowest BCUT2D eigenvalue weighted by Gasteiger charge is -2.30. The molecule has 2 aliphatic rings. The van der Waals surface area contributed by atoms with Gasteiger partial charge in [0.2, 0.25) is 0 Å². The maximum atomic E-state index is 13.0. The van der Waals surface area contributed by atoms with Gasteiger partial charge in [0.25, 0.3) is 0 Å². The van der Waals surface area contributed by atoms with Crippen LogP contribution in [-0.4, -0.2) is 34.1 Å². The Morgan fingerprint density at radius 1 is 1.09 bits per heavy atom. The summed E-state index contributed by atoms with van der Waals surface area (Å²) in [6, 6.07) is 10.1. The molecule has 1 N–H and O–H groups in total. The number of carbonyl (C=O) groups excluding carboxylic acids is 2. The van der Waals surface area contributed by atoms with E-state index >= 15 is 0 Å². The summed E-state index contributed by atoms with van der Waals surface area (Å²) in [5.74, 6) is 0.775. The third-order valence-electron chi connectivity index (χ3n) is 6.21. The first kappa shape index (κ1) is 22.2. The van der Waals surface area contributed by atoms with Crippen molar-refractivity contribution >= 4 is 17.3 Å². The van der Waals surface area contributed by atoms with Crippen LogP contribution < -0.4 is 0 Å². The van der Waals surface area contributed by atoms with Crippen LogP contribution in [0.15, 0.2) is 51.2 Å². The van der Waals surface area contributed by atoms with E-state index in [2.05, 4.69) is 5.16 Å². The molecule has 0 amide bonds. The summed E-state index contributed by atoms with van der Waals surface area (Å²) in [5, 5.41) is 14.9. The zero-order chi connectivity index (χ0) is 22.7. The summed E-state index contributed by atoms with van der Waals surface area (Å²) in [6.45, 7) is 4.48. The van der Waals surface area contributed by atoms with Crippen LogP contribution in [0.5, 0.6) is 0 Å². The number of carbonyl (C=O) groups is 2.